The first-order chi connectivity index (χ1) is 13.7. The quantitative estimate of drug-likeness (QED) is 0.436. The van der Waals surface area contributed by atoms with Crippen molar-refractivity contribution in [2.24, 2.45) is 0 Å². The van der Waals surface area contributed by atoms with Crippen molar-refractivity contribution in [2.45, 2.75) is 6.61 Å². The molecule has 0 radical (unpaired) electrons. The van der Waals surface area contributed by atoms with E-state index in [4.69, 9.17) is 18.3 Å². The maximum atomic E-state index is 11.5. The van der Waals surface area contributed by atoms with Gasteiger partial charge in [0.05, 0.1) is 20.5 Å². The van der Waals surface area contributed by atoms with Crippen molar-refractivity contribution in [1.29, 1.82) is 0 Å². The summed E-state index contributed by atoms with van der Waals surface area (Å²) in [5.41, 5.74) is 2.75. The zero-order chi connectivity index (χ0) is 19.5. The van der Waals surface area contributed by atoms with Crippen molar-refractivity contribution in [3.8, 4) is 22.6 Å². The second-order valence-corrected chi connectivity index (χ2v) is 6.08. The van der Waals surface area contributed by atoms with Crippen LogP contribution in [0.2, 0.25) is 0 Å². The third-order valence-electron chi connectivity index (χ3n) is 4.38. The molecule has 4 aromatic rings. The number of carbonyl (C=O) groups excluding carboxylic acids is 1. The fourth-order valence-corrected chi connectivity index (χ4v) is 2.91. The average molecular weight is 378 g/mol. The summed E-state index contributed by atoms with van der Waals surface area (Å²) in [6.07, 6.45) is 1.73. The van der Waals surface area contributed by atoms with E-state index in [1.807, 2.05) is 42.5 Å². The van der Waals surface area contributed by atoms with Crippen LogP contribution in [0.15, 0.2) is 69.7 Å². The van der Waals surface area contributed by atoms with Gasteiger partial charge in [-0.2, -0.15) is 0 Å². The Morgan fingerprint density at radius 1 is 0.964 bits per heavy atom. The van der Waals surface area contributed by atoms with Gasteiger partial charge in [-0.05, 0) is 48.0 Å². The van der Waals surface area contributed by atoms with Crippen LogP contribution in [0.1, 0.15) is 16.3 Å². The first-order valence-electron chi connectivity index (χ1n) is 8.63. The van der Waals surface area contributed by atoms with Gasteiger partial charge in [-0.25, -0.2) is 4.79 Å². The van der Waals surface area contributed by atoms with Gasteiger partial charge in [0.1, 0.15) is 29.4 Å². The van der Waals surface area contributed by atoms with Gasteiger partial charge in [0.15, 0.2) is 0 Å². The lowest BCUT2D eigenvalue weighted by atomic mass is 10.0. The summed E-state index contributed by atoms with van der Waals surface area (Å²) in [7, 11) is 2.95. The molecule has 2 heterocycles. The molecular formula is C22H18O6. The molecule has 28 heavy (non-hydrogen) atoms. The van der Waals surface area contributed by atoms with E-state index >= 15 is 0 Å². The van der Waals surface area contributed by atoms with E-state index in [-0.39, 0.29) is 12.4 Å². The van der Waals surface area contributed by atoms with Gasteiger partial charge in [0, 0.05) is 10.9 Å². The highest BCUT2D eigenvalue weighted by Crippen LogP contribution is 2.34. The number of esters is 1. The highest BCUT2D eigenvalue weighted by molar-refractivity contribution is 5.94. The van der Waals surface area contributed by atoms with E-state index in [1.54, 1.807) is 25.5 Å². The maximum absolute atomic E-state index is 11.5. The highest BCUT2D eigenvalue weighted by atomic mass is 16.5. The lowest BCUT2D eigenvalue weighted by molar-refractivity contribution is 0.0561. The Balaban J connectivity index is 1.55. The van der Waals surface area contributed by atoms with Gasteiger partial charge in [0.25, 0.3) is 0 Å². The molecule has 0 aliphatic heterocycles. The Kier molecular flexibility index (Phi) is 4.76. The smallest absolute Gasteiger partial charge is 0.373 e. The standard InChI is InChI=1S/C22H18O6/c1-24-15-5-3-14(4-6-15)19-13-27-20-9-7-16(11-18(19)20)26-12-17-8-10-21(28-17)22(23)25-2/h3-11,13H,12H2,1-2H3. The second kappa shape index (κ2) is 7.52. The minimum Gasteiger partial charge on any atom is -0.497 e. The summed E-state index contributed by atoms with van der Waals surface area (Å²) in [5, 5.41) is 0.942. The normalized spacial score (nSPS) is 10.8. The molecule has 0 unspecified atom stereocenters. The van der Waals surface area contributed by atoms with E-state index in [1.165, 1.54) is 7.11 Å². The van der Waals surface area contributed by atoms with Crippen molar-refractivity contribution < 1.29 is 27.8 Å². The number of methoxy groups -OCH3 is 2. The molecule has 2 aromatic heterocycles. The van der Waals surface area contributed by atoms with E-state index in [0.717, 1.165) is 27.8 Å². The van der Waals surface area contributed by atoms with Crippen LogP contribution >= 0.6 is 0 Å². The number of fused-ring (bicyclic) bond motifs is 1. The maximum Gasteiger partial charge on any atom is 0.373 e. The van der Waals surface area contributed by atoms with Crippen LogP contribution in [0, 0.1) is 0 Å². The zero-order valence-corrected chi connectivity index (χ0v) is 15.4. The molecular weight excluding hydrogens is 360 g/mol. The Labute approximate surface area is 161 Å². The van der Waals surface area contributed by atoms with Gasteiger partial charge in [-0.15, -0.1) is 0 Å². The number of carbonyl (C=O) groups is 1. The predicted molar refractivity (Wildman–Crippen MR) is 103 cm³/mol. The molecule has 0 aliphatic rings. The van der Waals surface area contributed by atoms with Crippen molar-refractivity contribution in [2.75, 3.05) is 14.2 Å². The zero-order valence-electron chi connectivity index (χ0n) is 15.4. The van der Waals surface area contributed by atoms with Gasteiger partial charge in [-0.3, -0.25) is 0 Å². The Morgan fingerprint density at radius 3 is 2.50 bits per heavy atom. The Morgan fingerprint density at radius 2 is 1.75 bits per heavy atom. The van der Waals surface area contributed by atoms with E-state index in [9.17, 15) is 4.79 Å². The number of hydrogen-bond acceptors (Lipinski definition) is 6. The summed E-state index contributed by atoms with van der Waals surface area (Å²) in [6, 6.07) is 16.6. The van der Waals surface area contributed by atoms with Gasteiger partial charge in [0.2, 0.25) is 5.76 Å². The summed E-state index contributed by atoms with van der Waals surface area (Å²) in [6.45, 7) is 0.193. The third-order valence-corrected chi connectivity index (χ3v) is 4.38. The van der Waals surface area contributed by atoms with Crippen molar-refractivity contribution in [3.63, 3.8) is 0 Å². The van der Waals surface area contributed by atoms with Crippen LogP contribution in [-0.4, -0.2) is 20.2 Å². The van der Waals surface area contributed by atoms with Crippen molar-refractivity contribution >= 4 is 16.9 Å². The van der Waals surface area contributed by atoms with Crippen LogP contribution in [0.4, 0.5) is 0 Å². The van der Waals surface area contributed by atoms with Gasteiger partial charge < -0.3 is 23.0 Å². The summed E-state index contributed by atoms with van der Waals surface area (Å²) in [5.74, 6) is 1.62. The SMILES string of the molecule is COC(=O)c1ccc(COc2ccc3occ(-c4ccc(OC)cc4)c3c2)o1. The molecule has 6 nitrogen and oxygen atoms in total. The number of ether oxygens (including phenoxy) is 3. The molecule has 0 N–H and O–H groups in total. The van der Waals surface area contributed by atoms with Gasteiger partial charge >= 0.3 is 5.97 Å². The number of hydrogen-bond donors (Lipinski definition) is 0. The monoisotopic (exact) mass is 378 g/mol. The molecule has 2 aromatic carbocycles. The predicted octanol–water partition coefficient (Wildman–Crippen LogP) is 5.07. The molecule has 0 saturated carbocycles. The molecule has 0 saturated heterocycles. The molecule has 0 bridgehead atoms. The molecule has 0 atom stereocenters. The van der Waals surface area contributed by atoms with Crippen molar-refractivity contribution in [1.82, 2.24) is 0 Å². The summed E-state index contributed by atoms with van der Waals surface area (Å²) < 4.78 is 26.7. The molecule has 6 heteroatoms. The second-order valence-electron chi connectivity index (χ2n) is 6.08. The lowest BCUT2D eigenvalue weighted by Crippen LogP contribution is -1.99. The first kappa shape index (κ1) is 17.7. The number of furan rings is 2. The Bertz CT molecular complexity index is 1100. The molecule has 0 amide bonds. The topological polar surface area (TPSA) is 71.0 Å². The van der Waals surface area contributed by atoms with Crippen LogP contribution in [-0.2, 0) is 11.3 Å². The van der Waals surface area contributed by atoms with Crippen LogP contribution in [0.25, 0.3) is 22.1 Å². The van der Waals surface area contributed by atoms with E-state index in [2.05, 4.69) is 4.74 Å². The third kappa shape index (κ3) is 3.44. The lowest BCUT2D eigenvalue weighted by Gasteiger charge is -2.05. The van der Waals surface area contributed by atoms with Crippen LogP contribution < -0.4 is 9.47 Å². The fraction of sp³-hybridized carbons (Fsp3) is 0.136. The number of rotatable bonds is 6. The average Bonchev–Trinajstić information content (AvgIpc) is 3.38. The largest absolute Gasteiger partial charge is 0.497 e. The van der Waals surface area contributed by atoms with Crippen LogP contribution in [0.3, 0.4) is 0 Å². The van der Waals surface area contributed by atoms with Gasteiger partial charge in [-0.1, -0.05) is 12.1 Å². The van der Waals surface area contributed by atoms with E-state index in [0.29, 0.717) is 11.5 Å². The van der Waals surface area contributed by atoms with Crippen molar-refractivity contribution in [3.05, 3.63) is 72.4 Å². The Hall–Kier alpha value is -3.67. The first-order valence-corrected chi connectivity index (χ1v) is 8.63. The summed E-state index contributed by atoms with van der Waals surface area (Å²) >= 11 is 0. The van der Waals surface area contributed by atoms with E-state index < -0.39 is 5.97 Å². The molecule has 0 spiro atoms. The molecule has 142 valence electrons. The molecule has 4 rings (SSSR count). The minimum absolute atomic E-state index is 0.146. The summed E-state index contributed by atoms with van der Waals surface area (Å²) in [4.78, 5) is 11.5. The molecule has 0 aliphatic carbocycles. The minimum atomic E-state index is -0.518. The fourth-order valence-electron chi connectivity index (χ4n) is 2.91. The van der Waals surface area contributed by atoms with Crippen LogP contribution in [0.5, 0.6) is 11.5 Å². The highest BCUT2D eigenvalue weighted by Gasteiger charge is 2.13. The molecule has 0 fully saturated rings. The number of benzene rings is 2.